The molecule has 2 atom stereocenters. The first-order valence-corrected chi connectivity index (χ1v) is 5.53. The molecule has 0 aromatic heterocycles. The molecular weight excluding hydrogens is 188 g/mol. The third-order valence-corrected chi connectivity index (χ3v) is 2.18. The summed E-state index contributed by atoms with van der Waals surface area (Å²) >= 11 is 5.62. The Kier molecular flexibility index (Phi) is 8.93. The molecule has 0 radical (unpaired) electrons. The van der Waals surface area contributed by atoms with Gasteiger partial charge in [-0.2, -0.15) is 0 Å². The van der Waals surface area contributed by atoms with Gasteiger partial charge in [-0.05, 0) is 32.6 Å². The normalized spacial score (nSPS) is 15.7. The summed E-state index contributed by atoms with van der Waals surface area (Å²) in [5.74, 6) is 1.38. The number of ether oxygens (including phenoxy) is 2. The third kappa shape index (κ3) is 8.54. The molecule has 0 bridgehead atoms. The van der Waals surface area contributed by atoms with Crippen molar-refractivity contribution in [2.45, 2.75) is 39.9 Å². The molecule has 0 aliphatic carbocycles. The van der Waals surface area contributed by atoms with E-state index < -0.39 is 0 Å². The van der Waals surface area contributed by atoms with E-state index in [0.29, 0.717) is 12.5 Å². The molecule has 2 nitrogen and oxygen atoms in total. The second-order valence-electron chi connectivity index (χ2n) is 3.27. The Morgan fingerprint density at radius 1 is 1.15 bits per heavy atom. The lowest BCUT2D eigenvalue weighted by Crippen LogP contribution is -2.14. The molecule has 0 N–H and O–H groups in total. The van der Waals surface area contributed by atoms with Gasteiger partial charge < -0.3 is 9.47 Å². The van der Waals surface area contributed by atoms with Gasteiger partial charge in [0.2, 0.25) is 0 Å². The fourth-order valence-corrected chi connectivity index (χ4v) is 1.42. The fourth-order valence-electron chi connectivity index (χ4n) is 1.05. The van der Waals surface area contributed by atoms with Crippen LogP contribution in [-0.2, 0) is 9.47 Å². The van der Waals surface area contributed by atoms with E-state index >= 15 is 0 Å². The van der Waals surface area contributed by atoms with E-state index in [1.807, 2.05) is 13.8 Å². The van der Waals surface area contributed by atoms with Crippen LogP contribution in [0.3, 0.4) is 0 Å². The van der Waals surface area contributed by atoms with Gasteiger partial charge in [-0.25, -0.2) is 0 Å². The highest BCUT2D eigenvalue weighted by Crippen LogP contribution is 2.09. The third-order valence-electron chi connectivity index (χ3n) is 1.97. The molecular formula is C10H21ClO2. The van der Waals surface area contributed by atoms with Gasteiger partial charge in [-0.1, -0.05) is 6.92 Å². The van der Waals surface area contributed by atoms with Crippen LogP contribution < -0.4 is 0 Å². The molecule has 80 valence electrons. The smallest absolute Gasteiger partial charge is 0.154 e. The van der Waals surface area contributed by atoms with Crippen LogP contribution in [0.1, 0.15) is 33.6 Å². The monoisotopic (exact) mass is 208 g/mol. The van der Waals surface area contributed by atoms with Gasteiger partial charge in [0, 0.05) is 19.1 Å². The number of alkyl halides is 1. The summed E-state index contributed by atoms with van der Waals surface area (Å²) < 4.78 is 10.7. The van der Waals surface area contributed by atoms with Crippen LogP contribution in [0.4, 0.5) is 0 Å². The quantitative estimate of drug-likeness (QED) is 0.451. The van der Waals surface area contributed by atoms with Crippen LogP contribution >= 0.6 is 11.6 Å². The first kappa shape index (κ1) is 13.2. The molecule has 0 fully saturated rings. The van der Waals surface area contributed by atoms with Gasteiger partial charge in [0.1, 0.15) is 0 Å². The zero-order chi connectivity index (χ0) is 10.1. The topological polar surface area (TPSA) is 18.5 Å². The lowest BCUT2D eigenvalue weighted by Gasteiger charge is -2.14. The first-order chi connectivity index (χ1) is 6.20. The summed E-state index contributed by atoms with van der Waals surface area (Å²) in [5.41, 5.74) is 0. The summed E-state index contributed by atoms with van der Waals surface area (Å²) in [6, 6.07) is 0. The molecule has 0 aliphatic heterocycles. The molecule has 0 rings (SSSR count). The van der Waals surface area contributed by atoms with Crippen molar-refractivity contribution in [3.63, 3.8) is 0 Å². The summed E-state index contributed by atoms with van der Waals surface area (Å²) in [4.78, 5) is 0. The molecule has 0 amide bonds. The lowest BCUT2D eigenvalue weighted by atomic mass is 10.1. The number of hydrogen-bond donors (Lipinski definition) is 0. The van der Waals surface area contributed by atoms with Gasteiger partial charge in [0.05, 0.1) is 0 Å². The van der Waals surface area contributed by atoms with E-state index in [1.165, 1.54) is 0 Å². The Balaban J connectivity index is 3.23. The number of rotatable bonds is 8. The molecule has 0 heterocycles. The van der Waals surface area contributed by atoms with Gasteiger partial charge in [0.15, 0.2) is 6.29 Å². The van der Waals surface area contributed by atoms with E-state index in [9.17, 15) is 0 Å². The predicted octanol–water partition coefficient (Wildman–Crippen LogP) is 3.04. The van der Waals surface area contributed by atoms with Crippen LogP contribution in [0.5, 0.6) is 0 Å². The van der Waals surface area contributed by atoms with Crippen molar-refractivity contribution in [3.8, 4) is 0 Å². The summed E-state index contributed by atoms with van der Waals surface area (Å²) in [6.07, 6.45) is 2.05. The molecule has 2 unspecified atom stereocenters. The summed E-state index contributed by atoms with van der Waals surface area (Å²) in [5, 5.41) is 0. The highest BCUT2D eigenvalue weighted by molar-refractivity contribution is 6.17. The van der Waals surface area contributed by atoms with Crippen molar-refractivity contribution >= 4 is 11.6 Å². The Morgan fingerprint density at radius 2 is 1.85 bits per heavy atom. The SMILES string of the molecule is CCOC(C)OCCC(C)CCCl. The van der Waals surface area contributed by atoms with Gasteiger partial charge in [-0.15, -0.1) is 11.6 Å². The maximum atomic E-state index is 5.62. The first-order valence-electron chi connectivity index (χ1n) is 4.99. The second kappa shape index (κ2) is 8.79. The molecule has 0 aromatic carbocycles. The molecule has 0 aromatic rings. The minimum absolute atomic E-state index is 0.0757. The average molecular weight is 209 g/mol. The summed E-state index contributed by atoms with van der Waals surface area (Å²) in [6.45, 7) is 7.56. The van der Waals surface area contributed by atoms with E-state index in [-0.39, 0.29) is 6.29 Å². The van der Waals surface area contributed by atoms with Gasteiger partial charge >= 0.3 is 0 Å². The van der Waals surface area contributed by atoms with Crippen LogP contribution in [0.2, 0.25) is 0 Å². The van der Waals surface area contributed by atoms with E-state index in [1.54, 1.807) is 0 Å². The maximum absolute atomic E-state index is 5.62. The Morgan fingerprint density at radius 3 is 2.38 bits per heavy atom. The minimum Gasteiger partial charge on any atom is -0.353 e. The Labute approximate surface area is 86.6 Å². The van der Waals surface area contributed by atoms with E-state index in [4.69, 9.17) is 21.1 Å². The Bertz CT molecular complexity index is 97.1. The van der Waals surface area contributed by atoms with E-state index in [2.05, 4.69) is 6.92 Å². The van der Waals surface area contributed by atoms with E-state index in [0.717, 1.165) is 25.3 Å². The fraction of sp³-hybridized carbons (Fsp3) is 1.00. The van der Waals surface area contributed by atoms with Crippen molar-refractivity contribution in [1.82, 2.24) is 0 Å². The lowest BCUT2D eigenvalue weighted by molar-refractivity contribution is -0.129. The van der Waals surface area contributed by atoms with Crippen molar-refractivity contribution in [1.29, 1.82) is 0 Å². The van der Waals surface area contributed by atoms with Crippen molar-refractivity contribution < 1.29 is 9.47 Å². The standard InChI is InChI=1S/C10H21ClO2/c1-4-12-10(3)13-8-6-9(2)5-7-11/h9-10H,4-8H2,1-3H3. The number of hydrogen-bond acceptors (Lipinski definition) is 2. The zero-order valence-corrected chi connectivity index (χ0v) is 9.64. The van der Waals surface area contributed by atoms with Crippen LogP contribution in [0.25, 0.3) is 0 Å². The molecule has 0 spiro atoms. The highest BCUT2D eigenvalue weighted by atomic mass is 35.5. The van der Waals surface area contributed by atoms with Crippen molar-refractivity contribution in [2.75, 3.05) is 19.1 Å². The summed E-state index contributed by atoms with van der Waals surface area (Å²) in [7, 11) is 0. The van der Waals surface area contributed by atoms with Crippen LogP contribution in [0.15, 0.2) is 0 Å². The van der Waals surface area contributed by atoms with Gasteiger partial charge in [0.25, 0.3) is 0 Å². The molecule has 0 aliphatic rings. The zero-order valence-electron chi connectivity index (χ0n) is 8.88. The Hall–Kier alpha value is 0.210. The van der Waals surface area contributed by atoms with Crippen LogP contribution in [0, 0.1) is 5.92 Å². The molecule has 3 heteroatoms. The highest BCUT2D eigenvalue weighted by Gasteiger charge is 2.03. The van der Waals surface area contributed by atoms with Crippen molar-refractivity contribution in [2.24, 2.45) is 5.92 Å². The number of halogens is 1. The molecule has 13 heavy (non-hydrogen) atoms. The minimum atomic E-state index is -0.0757. The molecule has 0 saturated carbocycles. The average Bonchev–Trinajstić information content (AvgIpc) is 2.05. The largest absolute Gasteiger partial charge is 0.353 e. The predicted molar refractivity (Wildman–Crippen MR) is 56.2 cm³/mol. The molecule has 0 saturated heterocycles. The maximum Gasteiger partial charge on any atom is 0.154 e. The van der Waals surface area contributed by atoms with Crippen LogP contribution in [-0.4, -0.2) is 25.4 Å². The van der Waals surface area contributed by atoms with Crippen molar-refractivity contribution in [3.05, 3.63) is 0 Å². The van der Waals surface area contributed by atoms with Gasteiger partial charge in [-0.3, -0.25) is 0 Å². The second-order valence-corrected chi connectivity index (χ2v) is 3.64.